The molecule has 0 radical (unpaired) electrons. The zero-order chi connectivity index (χ0) is 17.6. The van der Waals surface area contributed by atoms with Gasteiger partial charge in [-0.3, -0.25) is 0 Å². The van der Waals surface area contributed by atoms with E-state index in [-0.39, 0.29) is 11.1 Å². The van der Waals surface area contributed by atoms with E-state index in [2.05, 4.69) is 16.0 Å². The number of hydrogen-bond donors (Lipinski definition) is 0. The van der Waals surface area contributed by atoms with Crippen LogP contribution in [0.2, 0.25) is 0 Å². The first-order valence-electron chi connectivity index (χ1n) is 8.19. The zero-order valence-electron chi connectivity index (χ0n) is 13.8. The molecule has 6 nitrogen and oxygen atoms in total. The van der Waals surface area contributed by atoms with Crippen LogP contribution in [0.3, 0.4) is 0 Å². The number of rotatable bonds is 3. The van der Waals surface area contributed by atoms with Crippen LogP contribution in [0, 0.1) is 11.3 Å². The van der Waals surface area contributed by atoms with Crippen LogP contribution in [0.1, 0.15) is 12.0 Å². The molecule has 1 aromatic heterocycles. The molecule has 0 aliphatic carbocycles. The summed E-state index contributed by atoms with van der Waals surface area (Å²) >= 11 is 0. The maximum absolute atomic E-state index is 13.0. The molecule has 2 fully saturated rings. The van der Waals surface area contributed by atoms with Crippen molar-refractivity contribution in [1.82, 2.24) is 14.2 Å². The lowest BCUT2D eigenvalue weighted by Crippen LogP contribution is -2.47. The van der Waals surface area contributed by atoms with E-state index in [9.17, 15) is 8.42 Å². The number of nitriles is 1. The minimum Gasteiger partial charge on any atom is -0.300 e. The lowest BCUT2D eigenvalue weighted by Gasteiger charge is -2.30. The number of hydrogen-bond acceptors (Lipinski definition) is 5. The van der Waals surface area contributed by atoms with Gasteiger partial charge < -0.3 is 4.90 Å². The van der Waals surface area contributed by atoms with Gasteiger partial charge in [0.2, 0.25) is 0 Å². The number of likely N-dealkylation sites (N-methyl/N-ethyl adjacent to an activating group) is 1. The van der Waals surface area contributed by atoms with Crippen molar-refractivity contribution in [2.75, 3.05) is 20.1 Å². The summed E-state index contributed by atoms with van der Waals surface area (Å²) in [4.78, 5) is 6.61. The van der Waals surface area contributed by atoms with Crippen LogP contribution < -0.4 is 0 Å². The number of fused-ring (bicyclic) bond motifs is 2. The molecule has 2 saturated heterocycles. The highest BCUT2D eigenvalue weighted by Crippen LogP contribution is 2.33. The molecular formula is C18H18N4O2S. The Hall–Kier alpha value is -2.27. The van der Waals surface area contributed by atoms with Crippen LogP contribution in [0.5, 0.6) is 0 Å². The van der Waals surface area contributed by atoms with Gasteiger partial charge >= 0.3 is 0 Å². The molecular weight excluding hydrogens is 336 g/mol. The molecule has 0 N–H and O–H groups in total. The zero-order valence-corrected chi connectivity index (χ0v) is 14.6. The van der Waals surface area contributed by atoms with Crippen LogP contribution in [0.4, 0.5) is 0 Å². The predicted octanol–water partition coefficient (Wildman–Crippen LogP) is 1.70. The SMILES string of the molecule is CN1C[C@H]2C[C@@H]1CN2S(=O)(=O)c1cccc(-c2ccc(C#N)cc2)n1. The van der Waals surface area contributed by atoms with Gasteiger partial charge in [0.25, 0.3) is 10.0 Å². The molecule has 25 heavy (non-hydrogen) atoms. The van der Waals surface area contributed by atoms with Gasteiger partial charge in [-0.1, -0.05) is 18.2 Å². The lowest BCUT2D eigenvalue weighted by molar-refractivity contribution is 0.216. The summed E-state index contributed by atoms with van der Waals surface area (Å²) in [6.07, 6.45) is 0.894. The summed E-state index contributed by atoms with van der Waals surface area (Å²) in [5.41, 5.74) is 1.94. The van der Waals surface area contributed by atoms with E-state index >= 15 is 0 Å². The number of sulfonamides is 1. The molecule has 0 unspecified atom stereocenters. The number of likely N-dealkylation sites (tertiary alicyclic amines) is 1. The quantitative estimate of drug-likeness (QED) is 0.838. The van der Waals surface area contributed by atoms with Gasteiger partial charge in [-0.25, -0.2) is 13.4 Å². The highest BCUT2D eigenvalue weighted by Gasteiger charge is 2.47. The van der Waals surface area contributed by atoms with Crippen molar-refractivity contribution in [3.63, 3.8) is 0 Å². The Morgan fingerprint density at radius 1 is 1.12 bits per heavy atom. The minimum absolute atomic E-state index is 0.0420. The summed E-state index contributed by atoms with van der Waals surface area (Å²) in [5, 5.41) is 8.98. The molecule has 2 atom stereocenters. The third kappa shape index (κ3) is 2.72. The van der Waals surface area contributed by atoms with E-state index in [1.165, 1.54) is 0 Å². The third-order valence-corrected chi connectivity index (χ3v) is 6.89. The first-order valence-corrected chi connectivity index (χ1v) is 9.63. The van der Waals surface area contributed by atoms with Crippen molar-refractivity contribution in [2.24, 2.45) is 0 Å². The van der Waals surface area contributed by atoms with Gasteiger partial charge in [-0.15, -0.1) is 0 Å². The Morgan fingerprint density at radius 3 is 2.48 bits per heavy atom. The highest BCUT2D eigenvalue weighted by atomic mass is 32.2. The topological polar surface area (TPSA) is 77.3 Å². The second-order valence-corrected chi connectivity index (χ2v) is 8.45. The lowest BCUT2D eigenvalue weighted by atomic mass is 10.1. The normalized spacial score (nSPS) is 23.7. The molecule has 2 bridgehead atoms. The largest absolute Gasteiger partial charge is 0.300 e. The van der Waals surface area contributed by atoms with Gasteiger partial charge in [-0.05, 0) is 37.7 Å². The summed E-state index contributed by atoms with van der Waals surface area (Å²) in [6, 6.07) is 14.4. The standard InChI is InChI=1S/C18H18N4O2S/c1-21-11-16-9-15(21)12-22(16)25(23,24)18-4-2-3-17(20-18)14-7-5-13(10-19)6-8-14/h2-8,15-16H,9,11-12H2,1H3/t15-,16-/m1/s1. The van der Waals surface area contributed by atoms with E-state index in [0.717, 1.165) is 18.5 Å². The fraction of sp³-hybridized carbons (Fsp3) is 0.333. The molecule has 2 aliphatic heterocycles. The van der Waals surface area contributed by atoms with Crippen LogP contribution in [0.15, 0.2) is 47.5 Å². The molecule has 3 heterocycles. The smallest absolute Gasteiger partial charge is 0.260 e. The van der Waals surface area contributed by atoms with E-state index in [0.29, 0.717) is 23.8 Å². The van der Waals surface area contributed by atoms with Crippen molar-refractivity contribution >= 4 is 10.0 Å². The average Bonchev–Trinajstić information content (AvgIpc) is 3.22. The second-order valence-electron chi connectivity index (χ2n) is 6.61. The molecule has 0 saturated carbocycles. The molecule has 7 heteroatoms. The Labute approximate surface area is 147 Å². The second kappa shape index (κ2) is 5.92. The molecule has 0 spiro atoms. The maximum Gasteiger partial charge on any atom is 0.260 e. The van der Waals surface area contributed by atoms with Crippen LogP contribution >= 0.6 is 0 Å². The molecule has 2 aromatic rings. The molecule has 4 rings (SSSR count). The maximum atomic E-state index is 13.0. The molecule has 128 valence electrons. The number of aromatic nitrogens is 1. The third-order valence-electron chi connectivity index (χ3n) is 5.07. The van der Waals surface area contributed by atoms with Crippen LogP contribution in [-0.4, -0.2) is 54.8 Å². The number of pyridine rings is 1. The van der Waals surface area contributed by atoms with Crippen molar-refractivity contribution in [3.05, 3.63) is 48.0 Å². The summed E-state index contributed by atoms with van der Waals surface area (Å²) in [7, 11) is -1.55. The van der Waals surface area contributed by atoms with E-state index in [4.69, 9.17) is 5.26 Å². The first-order chi connectivity index (χ1) is 12.0. The van der Waals surface area contributed by atoms with Gasteiger partial charge in [-0.2, -0.15) is 9.57 Å². The van der Waals surface area contributed by atoms with Gasteiger partial charge in [0.05, 0.1) is 17.3 Å². The number of piperazine rings is 1. The fourth-order valence-electron chi connectivity index (χ4n) is 3.68. The van der Waals surface area contributed by atoms with E-state index < -0.39 is 10.0 Å². The highest BCUT2D eigenvalue weighted by molar-refractivity contribution is 7.89. The van der Waals surface area contributed by atoms with E-state index in [1.807, 2.05) is 7.05 Å². The minimum atomic E-state index is -3.59. The Bertz CT molecular complexity index is 948. The Morgan fingerprint density at radius 2 is 1.88 bits per heavy atom. The summed E-state index contributed by atoms with van der Waals surface area (Å²) < 4.78 is 27.6. The predicted molar refractivity (Wildman–Crippen MR) is 93.1 cm³/mol. The van der Waals surface area contributed by atoms with Gasteiger partial charge in [0.15, 0.2) is 5.03 Å². The fourth-order valence-corrected chi connectivity index (χ4v) is 5.30. The van der Waals surface area contributed by atoms with Crippen molar-refractivity contribution in [2.45, 2.75) is 23.5 Å². The molecule has 1 aromatic carbocycles. The monoisotopic (exact) mass is 354 g/mol. The number of benzene rings is 1. The first kappa shape index (κ1) is 16.2. The molecule has 0 amide bonds. The number of nitrogens with zero attached hydrogens (tertiary/aromatic N) is 4. The van der Waals surface area contributed by atoms with Crippen molar-refractivity contribution in [3.8, 4) is 17.3 Å². The van der Waals surface area contributed by atoms with Crippen LogP contribution in [-0.2, 0) is 10.0 Å². The molecule has 2 aliphatic rings. The van der Waals surface area contributed by atoms with Crippen molar-refractivity contribution < 1.29 is 8.42 Å². The van der Waals surface area contributed by atoms with Crippen LogP contribution in [0.25, 0.3) is 11.3 Å². The average molecular weight is 354 g/mol. The Kier molecular flexibility index (Phi) is 3.84. The summed E-state index contributed by atoms with van der Waals surface area (Å²) in [5.74, 6) is 0. The summed E-state index contributed by atoms with van der Waals surface area (Å²) in [6.45, 7) is 1.31. The van der Waals surface area contributed by atoms with Gasteiger partial charge in [0, 0.05) is 30.7 Å². The Balaban J connectivity index is 1.66. The van der Waals surface area contributed by atoms with Crippen molar-refractivity contribution in [1.29, 1.82) is 5.26 Å². The van der Waals surface area contributed by atoms with E-state index in [1.54, 1.807) is 46.8 Å². The van der Waals surface area contributed by atoms with Gasteiger partial charge in [0.1, 0.15) is 0 Å².